The van der Waals surface area contributed by atoms with Crippen LogP contribution in [0.3, 0.4) is 0 Å². The molecule has 0 amide bonds. The second-order valence-electron chi connectivity index (χ2n) is 6.30. The third-order valence-corrected chi connectivity index (χ3v) is 4.30. The van der Waals surface area contributed by atoms with E-state index in [9.17, 15) is 0 Å². The number of hydrogen-bond acceptors (Lipinski definition) is 4. The van der Waals surface area contributed by atoms with Gasteiger partial charge in [0.25, 0.3) is 0 Å². The second-order valence-corrected chi connectivity index (χ2v) is 6.30. The summed E-state index contributed by atoms with van der Waals surface area (Å²) >= 11 is 0. The van der Waals surface area contributed by atoms with Gasteiger partial charge in [-0.05, 0) is 55.5 Å². The summed E-state index contributed by atoms with van der Waals surface area (Å²) in [4.78, 5) is 0. The van der Waals surface area contributed by atoms with Gasteiger partial charge in [-0.15, -0.1) is 0 Å². The van der Waals surface area contributed by atoms with Gasteiger partial charge in [-0.2, -0.15) is 10.2 Å². The van der Waals surface area contributed by atoms with Crippen molar-refractivity contribution in [1.82, 2.24) is 19.6 Å². The fraction of sp³-hybridized carbons (Fsp3) is 0.143. The van der Waals surface area contributed by atoms with E-state index in [4.69, 9.17) is 4.74 Å². The Balaban J connectivity index is 1.44. The van der Waals surface area contributed by atoms with Crippen molar-refractivity contribution >= 4 is 5.69 Å². The summed E-state index contributed by atoms with van der Waals surface area (Å²) in [5, 5.41) is 12.3. The van der Waals surface area contributed by atoms with Crippen LogP contribution in [-0.2, 0) is 6.54 Å². The average molecular weight is 359 g/mol. The van der Waals surface area contributed by atoms with E-state index in [1.54, 1.807) is 7.11 Å². The zero-order chi connectivity index (χ0) is 18.6. The van der Waals surface area contributed by atoms with E-state index in [0.29, 0.717) is 6.54 Å². The van der Waals surface area contributed by atoms with Crippen molar-refractivity contribution < 1.29 is 4.74 Å². The highest BCUT2D eigenvalue weighted by atomic mass is 16.5. The molecule has 6 nitrogen and oxygen atoms in total. The molecule has 0 aliphatic rings. The molecule has 2 heterocycles. The van der Waals surface area contributed by atoms with Crippen LogP contribution in [-0.4, -0.2) is 26.7 Å². The lowest BCUT2D eigenvalue weighted by molar-refractivity contribution is 0.414. The topological polar surface area (TPSA) is 56.9 Å². The number of methoxy groups -OCH3 is 1. The number of anilines is 1. The summed E-state index contributed by atoms with van der Waals surface area (Å²) in [5.74, 6) is 0.833. The number of nitrogens with zero attached hydrogens (tertiary/aromatic N) is 4. The Labute approximate surface area is 158 Å². The van der Waals surface area contributed by atoms with Gasteiger partial charge in [0, 0.05) is 30.2 Å². The quantitative estimate of drug-likeness (QED) is 0.566. The molecule has 0 atom stereocenters. The van der Waals surface area contributed by atoms with Crippen LogP contribution in [0, 0.1) is 6.92 Å². The smallest absolute Gasteiger partial charge is 0.119 e. The number of hydrogen-bond donors (Lipinski definition) is 1. The number of aryl methyl sites for hydroxylation is 1. The molecule has 0 bridgehead atoms. The van der Waals surface area contributed by atoms with Crippen LogP contribution in [0.2, 0.25) is 0 Å². The third-order valence-electron chi connectivity index (χ3n) is 4.30. The maximum absolute atomic E-state index is 5.19. The molecule has 0 radical (unpaired) electrons. The summed E-state index contributed by atoms with van der Waals surface area (Å²) in [6.07, 6.45) is 5.86. The van der Waals surface area contributed by atoms with Gasteiger partial charge < -0.3 is 10.1 Å². The minimum atomic E-state index is 0.692. The molecule has 0 saturated carbocycles. The van der Waals surface area contributed by atoms with Crippen molar-refractivity contribution in [2.75, 3.05) is 12.4 Å². The number of rotatable bonds is 6. The lowest BCUT2D eigenvalue weighted by Gasteiger charge is -2.08. The molecule has 0 unspecified atom stereocenters. The van der Waals surface area contributed by atoms with Crippen molar-refractivity contribution in [2.45, 2.75) is 13.5 Å². The molecule has 0 spiro atoms. The first-order valence-corrected chi connectivity index (χ1v) is 8.76. The van der Waals surface area contributed by atoms with E-state index in [0.717, 1.165) is 34.1 Å². The lowest BCUT2D eigenvalue weighted by atomic mass is 10.2. The monoisotopic (exact) mass is 359 g/mol. The van der Waals surface area contributed by atoms with E-state index >= 15 is 0 Å². The number of aromatic nitrogens is 4. The fourth-order valence-corrected chi connectivity index (χ4v) is 2.85. The molecule has 6 heteroatoms. The van der Waals surface area contributed by atoms with Crippen molar-refractivity contribution in [3.8, 4) is 17.1 Å². The van der Waals surface area contributed by atoms with E-state index < -0.39 is 0 Å². The first kappa shape index (κ1) is 16.9. The Morgan fingerprint density at radius 1 is 1.00 bits per heavy atom. The first-order valence-electron chi connectivity index (χ1n) is 8.76. The Kier molecular flexibility index (Phi) is 4.61. The lowest BCUT2D eigenvalue weighted by Crippen LogP contribution is -2.01. The zero-order valence-electron chi connectivity index (χ0n) is 15.3. The van der Waals surface area contributed by atoms with Gasteiger partial charge in [0.1, 0.15) is 5.75 Å². The molecule has 136 valence electrons. The van der Waals surface area contributed by atoms with Crippen LogP contribution >= 0.6 is 0 Å². The third kappa shape index (κ3) is 3.84. The SMILES string of the molecule is COc1ccc(-n2cc(CNc3cccc(-n4ccc(C)n4)c3)cn2)cc1. The Morgan fingerprint density at radius 2 is 1.85 bits per heavy atom. The van der Waals surface area contributed by atoms with Crippen molar-refractivity contribution in [3.05, 3.63) is 84.4 Å². The van der Waals surface area contributed by atoms with Crippen LogP contribution in [0.4, 0.5) is 5.69 Å². The standard InChI is InChI=1S/C21H21N5O/c1-16-10-11-25(24-16)20-5-3-4-18(12-20)22-13-17-14-23-26(15-17)19-6-8-21(27-2)9-7-19/h3-12,14-15,22H,13H2,1-2H3. The molecule has 0 fully saturated rings. The van der Waals surface area contributed by atoms with Crippen LogP contribution in [0.15, 0.2) is 73.2 Å². The van der Waals surface area contributed by atoms with Gasteiger partial charge in [-0.3, -0.25) is 0 Å². The van der Waals surface area contributed by atoms with Gasteiger partial charge >= 0.3 is 0 Å². The summed E-state index contributed by atoms with van der Waals surface area (Å²) in [7, 11) is 1.66. The van der Waals surface area contributed by atoms with E-state index in [2.05, 4.69) is 21.6 Å². The van der Waals surface area contributed by atoms with Crippen LogP contribution in [0.1, 0.15) is 11.3 Å². The van der Waals surface area contributed by atoms with Crippen LogP contribution in [0.25, 0.3) is 11.4 Å². The normalized spacial score (nSPS) is 10.7. The van der Waals surface area contributed by atoms with E-state index in [-0.39, 0.29) is 0 Å². The van der Waals surface area contributed by atoms with Gasteiger partial charge in [0.15, 0.2) is 0 Å². The number of ether oxygens (including phenoxy) is 1. The number of nitrogens with one attached hydrogen (secondary N) is 1. The van der Waals surface area contributed by atoms with Crippen molar-refractivity contribution in [1.29, 1.82) is 0 Å². The molecule has 2 aromatic carbocycles. The predicted molar refractivity (Wildman–Crippen MR) is 106 cm³/mol. The van der Waals surface area contributed by atoms with Crippen molar-refractivity contribution in [3.63, 3.8) is 0 Å². The molecule has 0 aliphatic carbocycles. The Hall–Kier alpha value is -3.54. The minimum absolute atomic E-state index is 0.692. The first-order chi connectivity index (χ1) is 13.2. The number of benzene rings is 2. The fourth-order valence-electron chi connectivity index (χ4n) is 2.85. The van der Waals surface area contributed by atoms with Gasteiger partial charge in [0.2, 0.25) is 0 Å². The molecule has 4 rings (SSSR count). The zero-order valence-corrected chi connectivity index (χ0v) is 15.3. The highest BCUT2D eigenvalue weighted by molar-refractivity contribution is 5.51. The van der Waals surface area contributed by atoms with Gasteiger partial charge in [-0.25, -0.2) is 9.36 Å². The Bertz CT molecular complexity index is 1030. The summed E-state index contributed by atoms with van der Waals surface area (Å²) in [6.45, 7) is 2.68. The molecule has 0 aliphatic heterocycles. The summed E-state index contributed by atoms with van der Waals surface area (Å²) in [6, 6.07) is 18.0. The molecular formula is C21H21N5O. The highest BCUT2D eigenvalue weighted by Crippen LogP contribution is 2.17. The maximum Gasteiger partial charge on any atom is 0.119 e. The summed E-state index contributed by atoms with van der Waals surface area (Å²) < 4.78 is 8.93. The largest absolute Gasteiger partial charge is 0.497 e. The molecule has 2 aromatic heterocycles. The Morgan fingerprint density at radius 3 is 2.59 bits per heavy atom. The molecule has 0 saturated heterocycles. The molecular weight excluding hydrogens is 338 g/mol. The second kappa shape index (κ2) is 7.37. The highest BCUT2D eigenvalue weighted by Gasteiger charge is 2.03. The molecule has 27 heavy (non-hydrogen) atoms. The average Bonchev–Trinajstić information content (AvgIpc) is 3.36. The van der Waals surface area contributed by atoms with Gasteiger partial charge in [0.05, 0.1) is 30.4 Å². The molecule has 4 aromatic rings. The maximum atomic E-state index is 5.19. The van der Waals surface area contributed by atoms with Crippen molar-refractivity contribution in [2.24, 2.45) is 0 Å². The minimum Gasteiger partial charge on any atom is -0.497 e. The van der Waals surface area contributed by atoms with E-state index in [1.165, 1.54) is 0 Å². The molecule has 1 N–H and O–H groups in total. The van der Waals surface area contributed by atoms with Crippen LogP contribution < -0.4 is 10.1 Å². The van der Waals surface area contributed by atoms with Gasteiger partial charge in [-0.1, -0.05) is 6.07 Å². The summed E-state index contributed by atoms with van der Waals surface area (Å²) in [5.41, 5.74) is 5.17. The predicted octanol–water partition coefficient (Wildman–Crippen LogP) is 3.99. The van der Waals surface area contributed by atoms with Crippen LogP contribution in [0.5, 0.6) is 5.75 Å². The van der Waals surface area contributed by atoms with E-state index in [1.807, 2.05) is 83.4 Å².